The molecule has 0 saturated carbocycles. The van der Waals surface area contributed by atoms with Gasteiger partial charge < -0.3 is 15.7 Å². The number of hydrogen-bond acceptors (Lipinski definition) is 3. The van der Waals surface area contributed by atoms with Crippen LogP contribution in [-0.4, -0.2) is 24.8 Å². The fourth-order valence-electron chi connectivity index (χ4n) is 2.53. The Kier molecular flexibility index (Phi) is 4.49. The quantitative estimate of drug-likeness (QED) is 0.882. The average molecular weight is 269 g/mol. The van der Waals surface area contributed by atoms with Crippen molar-refractivity contribution in [1.29, 1.82) is 0 Å². The lowest BCUT2D eigenvalue weighted by Crippen LogP contribution is -2.20. The van der Waals surface area contributed by atoms with Gasteiger partial charge in [-0.3, -0.25) is 0 Å². The number of aliphatic hydroxyl groups is 1. The molecule has 1 aliphatic heterocycles. The second-order valence-corrected chi connectivity index (χ2v) is 5.52. The standard InChI is InChI=1S/C14H21ClN2O/c1-10(16)12-2-3-14(13(15)8-12)17-6-4-11(9-17)5-7-18/h2-3,8,10-11,18H,4-7,9,16H2,1H3/t10-,11?/m1/s1. The summed E-state index contributed by atoms with van der Waals surface area (Å²) in [6.07, 6.45) is 2.01. The maximum Gasteiger partial charge on any atom is 0.0642 e. The molecule has 0 amide bonds. The van der Waals surface area contributed by atoms with Gasteiger partial charge in [0.05, 0.1) is 10.7 Å². The van der Waals surface area contributed by atoms with Crippen molar-refractivity contribution < 1.29 is 5.11 Å². The molecule has 100 valence electrons. The topological polar surface area (TPSA) is 49.5 Å². The number of rotatable bonds is 4. The van der Waals surface area contributed by atoms with Crippen molar-refractivity contribution in [2.45, 2.75) is 25.8 Å². The summed E-state index contributed by atoms with van der Waals surface area (Å²) in [6, 6.07) is 6.08. The SMILES string of the molecule is C[C@@H](N)c1ccc(N2CCC(CCO)C2)c(Cl)c1. The van der Waals surface area contributed by atoms with E-state index in [4.69, 9.17) is 22.4 Å². The molecule has 0 spiro atoms. The van der Waals surface area contributed by atoms with Crippen molar-refractivity contribution in [1.82, 2.24) is 0 Å². The van der Waals surface area contributed by atoms with Gasteiger partial charge >= 0.3 is 0 Å². The van der Waals surface area contributed by atoms with Crippen molar-refractivity contribution in [3.8, 4) is 0 Å². The molecule has 1 saturated heterocycles. The van der Waals surface area contributed by atoms with E-state index in [1.807, 2.05) is 19.1 Å². The van der Waals surface area contributed by atoms with E-state index in [2.05, 4.69) is 11.0 Å². The molecule has 3 nitrogen and oxygen atoms in total. The van der Waals surface area contributed by atoms with E-state index in [0.717, 1.165) is 42.2 Å². The summed E-state index contributed by atoms with van der Waals surface area (Å²) in [5.41, 5.74) is 8.00. The summed E-state index contributed by atoms with van der Waals surface area (Å²) in [7, 11) is 0. The predicted molar refractivity (Wildman–Crippen MR) is 76.1 cm³/mol. The highest BCUT2D eigenvalue weighted by molar-refractivity contribution is 6.33. The van der Waals surface area contributed by atoms with Crippen LogP contribution in [-0.2, 0) is 0 Å². The van der Waals surface area contributed by atoms with E-state index in [-0.39, 0.29) is 12.6 Å². The highest BCUT2D eigenvalue weighted by Crippen LogP contribution is 2.32. The molecular formula is C14H21ClN2O. The van der Waals surface area contributed by atoms with E-state index in [1.165, 1.54) is 0 Å². The Balaban J connectivity index is 2.10. The summed E-state index contributed by atoms with van der Waals surface area (Å²) in [4.78, 5) is 2.30. The van der Waals surface area contributed by atoms with Gasteiger partial charge in [0.2, 0.25) is 0 Å². The maximum atomic E-state index is 8.98. The van der Waals surface area contributed by atoms with Gasteiger partial charge in [-0.25, -0.2) is 0 Å². The van der Waals surface area contributed by atoms with Crippen LogP contribution >= 0.6 is 11.6 Å². The molecule has 2 atom stereocenters. The first-order chi connectivity index (χ1) is 8.61. The number of hydrogen-bond donors (Lipinski definition) is 2. The highest BCUT2D eigenvalue weighted by Gasteiger charge is 2.23. The molecule has 4 heteroatoms. The molecule has 1 fully saturated rings. The van der Waals surface area contributed by atoms with Crippen LogP contribution in [0.5, 0.6) is 0 Å². The lowest BCUT2D eigenvalue weighted by Gasteiger charge is -2.21. The molecule has 1 aromatic carbocycles. The summed E-state index contributed by atoms with van der Waals surface area (Å²) >= 11 is 6.33. The summed E-state index contributed by atoms with van der Waals surface area (Å²) in [5, 5.41) is 9.75. The second-order valence-electron chi connectivity index (χ2n) is 5.11. The fraction of sp³-hybridized carbons (Fsp3) is 0.571. The Morgan fingerprint density at radius 3 is 2.94 bits per heavy atom. The Morgan fingerprint density at radius 2 is 2.33 bits per heavy atom. The van der Waals surface area contributed by atoms with Crippen LogP contribution in [0, 0.1) is 5.92 Å². The number of anilines is 1. The first kappa shape index (κ1) is 13.7. The number of benzene rings is 1. The zero-order chi connectivity index (χ0) is 13.1. The van der Waals surface area contributed by atoms with Crippen molar-refractivity contribution in [3.63, 3.8) is 0 Å². The van der Waals surface area contributed by atoms with Crippen LogP contribution < -0.4 is 10.6 Å². The van der Waals surface area contributed by atoms with Gasteiger partial charge in [-0.2, -0.15) is 0 Å². The van der Waals surface area contributed by atoms with E-state index >= 15 is 0 Å². The molecule has 0 bridgehead atoms. The number of nitrogens with zero attached hydrogens (tertiary/aromatic N) is 1. The first-order valence-corrected chi connectivity index (χ1v) is 6.90. The van der Waals surface area contributed by atoms with Crippen LogP contribution in [0.25, 0.3) is 0 Å². The lowest BCUT2D eigenvalue weighted by molar-refractivity contribution is 0.263. The van der Waals surface area contributed by atoms with Gasteiger partial charge in [0.25, 0.3) is 0 Å². The minimum Gasteiger partial charge on any atom is -0.396 e. The smallest absolute Gasteiger partial charge is 0.0642 e. The summed E-state index contributed by atoms with van der Waals surface area (Å²) in [5.74, 6) is 0.583. The number of aliphatic hydroxyl groups excluding tert-OH is 1. The van der Waals surface area contributed by atoms with Crippen molar-refractivity contribution in [3.05, 3.63) is 28.8 Å². The lowest BCUT2D eigenvalue weighted by atomic mass is 10.1. The Labute approximate surface area is 114 Å². The zero-order valence-corrected chi connectivity index (χ0v) is 11.5. The third-order valence-electron chi connectivity index (χ3n) is 3.66. The third-order valence-corrected chi connectivity index (χ3v) is 3.96. The van der Waals surface area contributed by atoms with E-state index in [0.29, 0.717) is 5.92 Å². The van der Waals surface area contributed by atoms with Gasteiger partial charge in [-0.15, -0.1) is 0 Å². The van der Waals surface area contributed by atoms with Crippen molar-refractivity contribution in [2.24, 2.45) is 11.7 Å². The van der Waals surface area contributed by atoms with Crippen LogP contribution in [0.3, 0.4) is 0 Å². The van der Waals surface area contributed by atoms with Crippen LogP contribution in [0.4, 0.5) is 5.69 Å². The maximum absolute atomic E-state index is 8.98. The monoisotopic (exact) mass is 268 g/mol. The molecule has 1 aromatic rings. The molecule has 1 unspecified atom stereocenters. The molecule has 1 aliphatic rings. The van der Waals surface area contributed by atoms with Gasteiger partial charge in [-0.05, 0) is 43.4 Å². The van der Waals surface area contributed by atoms with Crippen LogP contribution in [0.2, 0.25) is 5.02 Å². The van der Waals surface area contributed by atoms with Gasteiger partial charge in [0.1, 0.15) is 0 Å². The Morgan fingerprint density at radius 1 is 1.56 bits per heavy atom. The Hall–Kier alpha value is -0.770. The van der Waals surface area contributed by atoms with Gasteiger partial charge in [0.15, 0.2) is 0 Å². The van der Waals surface area contributed by atoms with Crippen molar-refractivity contribution >= 4 is 17.3 Å². The van der Waals surface area contributed by atoms with E-state index < -0.39 is 0 Å². The summed E-state index contributed by atoms with van der Waals surface area (Å²) < 4.78 is 0. The highest BCUT2D eigenvalue weighted by atomic mass is 35.5. The number of nitrogens with two attached hydrogens (primary N) is 1. The molecule has 0 aromatic heterocycles. The Bertz CT molecular complexity index is 409. The third kappa shape index (κ3) is 2.97. The van der Waals surface area contributed by atoms with Gasteiger partial charge in [-0.1, -0.05) is 17.7 Å². The molecule has 0 aliphatic carbocycles. The fourth-order valence-corrected chi connectivity index (χ4v) is 2.84. The molecule has 18 heavy (non-hydrogen) atoms. The minimum absolute atomic E-state index is 0.0114. The normalized spacial score (nSPS) is 21.3. The molecule has 1 heterocycles. The van der Waals surface area contributed by atoms with E-state index in [9.17, 15) is 0 Å². The molecule has 0 radical (unpaired) electrons. The van der Waals surface area contributed by atoms with Gasteiger partial charge in [0, 0.05) is 25.7 Å². The molecule has 3 N–H and O–H groups in total. The van der Waals surface area contributed by atoms with Crippen molar-refractivity contribution in [2.75, 3.05) is 24.6 Å². The predicted octanol–water partition coefficient (Wildman–Crippen LogP) is 2.57. The van der Waals surface area contributed by atoms with E-state index in [1.54, 1.807) is 0 Å². The minimum atomic E-state index is 0.0114. The van der Waals surface area contributed by atoms with Crippen LogP contribution in [0.15, 0.2) is 18.2 Å². The number of halogens is 1. The second kappa shape index (κ2) is 5.91. The largest absolute Gasteiger partial charge is 0.396 e. The van der Waals surface area contributed by atoms with Crippen LogP contribution in [0.1, 0.15) is 31.4 Å². The first-order valence-electron chi connectivity index (χ1n) is 6.52. The zero-order valence-electron chi connectivity index (χ0n) is 10.8. The molecule has 2 rings (SSSR count). The summed E-state index contributed by atoms with van der Waals surface area (Å²) in [6.45, 7) is 4.23. The molecular weight excluding hydrogens is 248 g/mol. The average Bonchev–Trinajstić information content (AvgIpc) is 2.77.